The topological polar surface area (TPSA) is 33.2 Å². The number of carbonyl (C=O) groups excluding carboxylic acids is 1. The fourth-order valence-electron chi connectivity index (χ4n) is 2.22. The summed E-state index contributed by atoms with van der Waals surface area (Å²) >= 11 is 0. The second-order valence-electron chi connectivity index (χ2n) is 4.25. The minimum absolute atomic E-state index is 0.0552. The van der Waals surface area contributed by atoms with Gasteiger partial charge in [0.1, 0.15) is 0 Å². The molecule has 3 heteroatoms. The summed E-state index contributed by atoms with van der Waals surface area (Å²) in [5, 5.41) is 3.93. The highest BCUT2D eigenvalue weighted by atomic mass is 16.1. The lowest BCUT2D eigenvalue weighted by Gasteiger charge is -2.05. The van der Waals surface area contributed by atoms with Gasteiger partial charge in [-0.25, -0.2) is 0 Å². The molecular formula is C15H13N2O+. The normalized spacial score (nSPS) is 10.7. The lowest BCUT2D eigenvalue weighted by atomic mass is 10.1. The lowest BCUT2D eigenvalue weighted by Crippen LogP contribution is -2.23. The number of nitrogens with zero attached hydrogens (tertiary/aromatic N) is 1. The summed E-state index contributed by atoms with van der Waals surface area (Å²) in [4.78, 5) is 11.3. The van der Waals surface area contributed by atoms with Crippen molar-refractivity contribution in [2.45, 2.75) is 6.92 Å². The number of anilines is 1. The molecule has 18 heavy (non-hydrogen) atoms. The zero-order chi connectivity index (χ0) is 12.5. The number of fused-ring (bicyclic) bond motifs is 3. The van der Waals surface area contributed by atoms with Gasteiger partial charge in [-0.1, -0.05) is 12.1 Å². The predicted molar refractivity (Wildman–Crippen MR) is 71.4 cm³/mol. The van der Waals surface area contributed by atoms with Crippen molar-refractivity contribution < 1.29 is 9.20 Å². The molecule has 2 aromatic heterocycles. The van der Waals surface area contributed by atoms with E-state index in [1.807, 2.05) is 54.7 Å². The molecule has 0 fully saturated rings. The summed E-state index contributed by atoms with van der Waals surface area (Å²) in [6, 6.07) is 16.0. The smallest absolute Gasteiger partial charge is 0.221 e. The van der Waals surface area contributed by atoms with Crippen LogP contribution in [0.3, 0.4) is 0 Å². The summed E-state index contributed by atoms with van der Waals surface area (Å²) in [5.74, 6) is -0.0552. The predicted octanol–water partition coefficient (Wildman–Crippen LogP) is 2.54. The quantitative estimate of drug-likeness (QED) is 0.512. The number of para-hydroxylation sites is 1. The zero-order valence-corrected chi connectivity index (χ0v) is 10.1. The van der Waals surface area contributed by atoms with Gasteiger partial charge in [-0.05, 0) is 12.1 Å². The molecule has 0 atom stereocenters. The zero-order valence-electron chi connectivity index (χ0n) is 10.1. The van der Waals surface area contributed by atoms with Crippen molar-refractivity contribution in [1.82, 2.24) is 0 Å². The summed E-state index contributed by atoms with van der Waals surface area (Å²) in [6.45, 7) is 1.52. The molecule has 0 radical (unpaired) electrons. The highest BCUT2D eigenvalue weighted by Crippen LogP contribution is 2.22. The molecule has 0 aliphatic rings. The molecular weight excluding hydrogens is 224 g/mol. The van der Waals surface area contributed by atoms with Gasteiger partial charge in [-0.2, -0.15) is 4.40 Å². The van der Waals surface area contributed by atoms with Crippen LogP contribution in [0.5, 0.6) is 0 Å². The molecule has 0 saturated heterocycles. The van der Waals surface area contributed by atoms with Crippen molar-refractivity contribution in [3.8, 4) is 0 Å². The molecule has 3 aromatic rings. The highest BCUT2D eigenvalue weighted by Gasteiger charge is 2.12. The van der Waals surface area contributed by atoms with Gasteiger partial charge in [0.2, 0.25) is 16.9 Å². The Morgan fingerprint density at radius 1 is 1.11 bits per heavy atom. The van der Waals surface area contributed by atoms with Crippen molar-refractivity contribution >= 4 is 28.0 Å². The van der Waals surface area contributed by atoms with Crippen LogP contribution in [-0.2, 0) is 4.79 Å². The van der Waals surface area contributed by atoms with Crippen LogP contribution in [0.2, 0.25) is 0 Å². The largest absolute Gasteiger partial charge is 0.325 e. The number of carbonyl (C=O) groups is 1. The number of nitrogens with one attached hydrogen (secondary N) is 1. The molecule has 88 valence electrons. The molecule has 0 aliphatic carbocycles. The third-order valence-electron chi connectivity index (χ3n) is 2.95. The van der Waals surface area contributed by atoms with Crippen LogP contribution in [0, 0.1) is 0 Å². The summed E-state index contributed by atoms with van der Waals surface area (Å²) < 4.78 is 2.11. The standard InChI is InChI=1S/C15H12N2O/c1-11(18)16-14-10-12-6-4-5-9-17(12)15-8-3-2-7-13(14)15/h2-10H,1H3/p+1. The fourth-order valence-corrected chi connectivity index (χ4v) is 2.22. The Bertz CT molecular complexity index is 750. The first-order valence-electron chi connectivity index (χ1n) is 5.85. The van der Waals surface area contributed by atoms with Gasteiger partial charge >= 0.3 is 0 Å². The Morgan fingerprint density at radius 2 is 1.89 bits per heavy atom. The molecule has 3 rings (SSSR count). The van der Waals surface area contributed by atoms with Crippen molar-refractivity contribution in [2.24, 2.45) is 0 Å². The van der Waals surface area contributed by atoms with E-state index < -0.39 is 0 Å². The number of hydrogen-bond acceptors (Lipinski definition) is 1. The molecule has 1 N–H and O–H groups in total. The number of rotatable bonds is 1. The third-order valence-corrected chi connectivity index (χ3v) is 2.95. The van der Waals surface area contributed by atoms with Crippen LogP contribution < -0.4 is 9.72 Å². The van der Waals surface area contributed by atoms with E-state index in [1.165, 1.54) is 6.92 Å². The van der Waals surface area contributed by atoms with Crippen LogP contribution in [-0.4, -0.2) is 5.91 Å². The average Bonchev–Trinajstić information content (AvgIpc) is 2.38. The molecule has 3 nitrogen and oxygen atoms in total. The Balaban J connectivity index is 2.42. The molecule has 0 unspecified atom stereocenters. The molecule has 2 heterocycles. The number of aromatic nitrogens is 1. The van der Waals surface area contributed by atoms with E-state index >= 15 is 0 Å². The fraction of sp³-hybridized carbons (Fsp3) is 0.0667. The van der Waals surface area contributed by atoms with Crippen LogP contribution in [0.15, 0.2) is 54.7 Å². The van der Waals surface area contributed by atoms with E-state index in [9.17, 15) is 4.79 Å². The minimum atomic E-state index is -0.0552. The van der Waals surface area contributed by atoms with Gasteiger partial charge in [0.15, 0.2) is 6.20 Å². The first-order chi connectivity index (χ1) is 8.75. The van der Waals surface area contributed by atoms with Gasteiger partial charge in [-0.15, -0.1) is 0 Å². The molecule has 0 spiro atoms. The Kier molecular flexibility index (Phi) is 2.45. The third kappa shape index (κ3) is 1.70. The van der Waals surface area contributed by atoms with Gasteiger partial charge in [0.25, 0.3) is 0 Å². The molecule has 0 saturated carbocycles. The van der Waals surface area contributed by atoms with Crippen LogP contribution in [0.4, 0.5) is 5.69 Å². The van der Waals surface area contributed by atoms with E-state index in [0.717, 1.165) is 22.1 Å². The van der Waals surface area contributed by atoms with Gasteiger partial charge in [0, 0.05) is 31.2 Å². The maximum Gasteiger partial charge on any atom is 0.221 e. The maximum absolute atomic E-state index is 11.3. The van der Waals surface area contributed by atoms with E-state index in [0.29, 0.717) is 0 Å². The van der Waals surface area contributed by atoms with E-state index in [-0.39, 0.29) is 5.91 Å². The van der Waals surface area contributed by atoms with Gasteiger partial charge in [0.05, 0.1) is 11.1 Å². The Labute approximate surface area is 105 Å². The molecule has 1 amide bonds. The molecule has 0 aliphatic heterocycles. The van der Waals surface area contributed by atoms with E-state index in [4.69, 9.17) is 0 Å². The summed E-state index contributed by atoms with van der Waals surface area (Å²) in [7, 11) is 0. The van der Waals surface area contributed by atoms with Gasteiger partial charge < -0.3 is 5.32 Å². The number of pyridine rings is 2. The van der Waals surface area contributed by atoms with Crippen molar-refractivity contribution in [3.05, 3.63) is 54.7 Å². The van der Waals surface area contributed by atoms with Crippen LogP contribution >= 0.6 is 0 Å². The average molecular weight is 237 g/mol. The summed E-state index contributed by atoms with van der Waals surface area (Å²) in [6.07, 6.45) is 2.02. The molecule has 0 bridgehead atoms. The van der Waals surface area contributed by atoms with Gasteiger partial charge in [-0.3, -0.25) is 4.79 Å². The monoisotopic (exact) mass is 237 g/mol. The van der Waals surface area contributed by atoms with Crippen LogP contribution in [0.25, 0.3) is 16.4 Å². The number of benzene rings is 1. The first kappa shape index (κ1) is 10.7. The van der Waals surface area contributed by atoms with Crippen molar-refractivity contribution in [2.75, 3.05) is 5.32 Å². The van der Waals surface area contributed by atoms with E-state index in [2.05, 4.69) is 9.72 Å². The number of hydrogen-bond donors (Lipinski definition) is 1. The first-order valence-corrected chi connectivity index (χ1v) is 5.85. The second-order valence-corrected chi connectivity index (χ2v) is 4.25. The van der Waals surface area contributed by atoms with Crippen molar-refractivity contribution in [1.29, 1.82) is 0 Å². The highest BCUT2D eigenvalue weighted by molar-refractivity contribution is 6.00. The number of amides is 1. The Hall–Kier alpha value is -2.42. The van der Waals surface area contributed by atoms with E-state index in [1.54, 1.807) is 0 Å². The van der Waals surface area contributed by atoms with Crippen LogP contribution in [0.1, 0.15) is 6.92 Å². The maximum atomic E-state index is 11.3. The van der Waals surface area contributed by atoms with Crippen molar-refractivity contribution in [3.63, 3.8) is 0 Å². The minimum Gasteiger partial charge on any atom is -0.325 e. The molecule has 1 aromatic carbocycles. The summed E-state index contributed by atoms with van der Waals surface area (Å²) in [5.41, 5.74) is 2.99. The lowest BCUT2D eigenvalue weighted by molar-refractivity contribution is -0.481. The second kappa shape index (κ2) is 4.11. The SMILES string of the molecule is CC(=O)Nc1cc2cccc[n+]2c2ccccc12. The Morgan fingerprint density at radius 3 is 2.72 bits per heavy atom.